The van der Waals surface area contributed by atoms with Gasteiger partial charge in [-0.05, 0) is 71.5 Å². The SMILES string of the molecule is Cc1c2c(c(C)c(-c3ccccc3)c1-c1ccccc1)C(=O)N(c1ccc(OCCO)cc1)C2=O. The summed E-state index contributed by atoms with van der Waals surface area (Å²) < 4.78 is 5.42. The first-order chi connectivity index (χ1) is 17.0. The number of aliphatic hydroxyl groups excluding tert-OH is 1. The Hall–Kier alpha value is -4.22. The van der Waals surface area contributed by atoms with Crippen LogP contribution in [0, 0.1) is 13.8 Å². The van der Waals surface area contributed by atoms with Gasteiger partial charge in [0.2, 0.25) is 0 Å². The van der Waals surface area contributed by atoms with Gasteiger partial charge in [0, 0.05) is 0 Å². The highest BCUT2D eigenvalue weighted by Gasteiger charge is 2.41. The predicted molar refractivity (Wildman–Crippen MR) is 137 cm³/mol. The minimum Gasteiger partial charge on any atom is -0.491 e. The normalized spacial score (nSPS) is 12.7. The summed E-state index contributed by atoms with van der Waals surface area (Å²) in [7, 11) is 0. The van der Waals surface area contributed by atoms with E-state index >= 15 is 0 Å². The monoisotopic (exact) mass is 463 g/mol. The maximum absolute atomic E-state index is 13.7. The second-order valence-electron chi connectivity index (χ2n) is 8.49. The van der Waals surface area contributed by atoms with Gasteiger partial charge in [-0.25, -0.2) is 4.90 Å². The number of hydrogen-bond donors (Lipinski definition) is 1. The summed E-state index contributed by atoms with van der Waals surface area (Å²) in [4.78, 5) is 28.7. The first-order valence-corrected chi connectivity index (χ1v) is 11.5. The average molecular weight is 464 g/mol. The molecule has 0 aliphatic carbocycles. The molecule has 4 aromatic rings. The van der Waals surface area contributed by atoms with E-state index in [1.165, 1.54) is 4.90 Å². The lowest BCUT2D eigenvalue weighted by atomic mass is 9.82. The number of aliphatic hydroxyl groups is 1. The molecule has 4 aromatic carbocycles. The number of anilines is 1. The summed E-state index contributed by atoms with van der Waals surface area (Å²) in [6, 6.07) is 26.7. The lowest BCUT2D eigenvalue weighted by Crippen LogP contribution is -2.29. The topological polar surface area (TPSA) is 66.8 Å². The van der Waals surface area contributed by atoms with E-state index in [0.717, 1.165) is 33.4 Å². The minimum absolute atomic E-state index is 0.0911. The van der Waals surface area contributed by atoms with Gasteiger partial charge in [-0.3, -0.25) is 9.59 Å². The molecular formula is C30H25NO4. The Kier molecular flexibility index (Phi) is 5.93. The van der Waals surface area contributed by atoms with E-state index < -0.39 is 0 Å². The number of nitrogens with zero attached hydrogens (tertiary/aromatic N) is 1. The molecule has 0 bridgehead atoms. The fourth-order valence-corrected chi connectivity index (χ4v) is 4.87. The van der Waals surface area contributed by atoms with E-state index in [0.29, 0.717) is 22.6 Å². The van der Waals surface area contributed by atoms with Gasteiger partial charge >= 0.3 is 0 Å². The highest BCUT2D eigenvalue weighted by Crippen LogP contribution is 2.44. The molecule has 2 amide bonds. The number of imide groups is 1. The lowest BCUT2D eigenvalue weighted by molar-refractivity contribution is 0.0926. The van der Waals surface area contributed by atoms with Crippen molar-refractivity contribution < 1.29 is 19.4 Å². The first kappa shape index (κ1) is 22.6. The Morgan fingerprint density at radius 2 is 1.11 bits per heavy atom. The predicted octanol–water partition coefficient (Wildman–Crippen LogP) is 5.81. The van der Waals surface area contributed by atoms with E-state index in [1.807, 2.05) is 74.5 Å². The van der Waals surface area contributed by atoms with Crippen LogP contribution in [-0.2, 0) is 0 Å². The molecule has 1 heterocycles. The van der Waals surface area contributed by atoms with Crippen LogP contribution in [-0.4, -0.2) is 30.1 Å². The van der Waals surface area contributed by atoms with E-state index in [9.17, 15) is 9.59 Å². The van der Waals surface area contributed by atoms with Crippen LogP contribution in [0.1, 0.15) is 31.8 Å². The van der Waals surface area contributed by atoms with Crippen LogP contribution in [0.15, 0.2) is 84.9 Å². The smallest absolute Gasteiger partial charge is 0.266 e. The lowest BCUT2D eigenvalue weighted by Gasteiger charge is -2.19. The maximum atomic E-state index is 13.7. The standard InChI is InChI=1S/C30H25NO4/c1-19-25(21-9-5-3-6-10-21)26(22-11-7-4-8-12-22)20(2)28-27(19)29(33)31(30(28)34)23-13-15-24(16-14-23)35-18-17-32/h3-16,32H,17-18H2,1-2H3. The van der Waals surface area contributed by atoms with Gasteiger partial charge in [0.25, 0.3) is 11.8 Å². The number of amides is 2. The van der Waals surface area contributed by atoms with Crippen molar-refractivity contribution >= 4 is 17.5 Å². The third kappa shape index (κ3) is 3.80. The van der Waals surface area contributed by atoms with Gasteiger partial charge < -0.3 is 9.84 Å². The minimum atomic E-state index is -0.327. The molecule has 1 aliphatic heterocycles. The molecule has 0 atom stereocenters. The van der Waals surface area contributed by atoms with Crippen molar-refractivity contribution in [3.05, 3.63) is 107 Å². The molecule has 0 saturated heterocycles. The van der Waals surface area contributed by atoms with Crippen molar-refractivity contribution in [2.45, 2.75) is 13.8 Å². The third-order valence-corrected chi connectivity index (χ3v) is 6.41. The summed E-state index contributed by atoms with van der Waals surface area (Å²) in [5.74, 6) is -0.0951. The maximum Gasteiger partial charge on any atom is 0.266 e. The molecule has 0 radical (unpaired) electrons. The molecule has 0 fully saturated rings. The third-order valence-electron chi connectivity index (χ3n) is 6.41. The number of carbonyl (C=O) groups is 2. The molecule has 0 unspecified atom stereocenters. The molecule has 0 aromatic heterocycles. The molecule has 174 valence electrons. The van der Waals surface area contributed by atoms with Crippen molar-refractivity contribution in [3.63, 3.8) is 0 Å². The second kappa shape index (κ2) is 9.20. The zero-order chi connectivity index (χ0) is 24.5. The van der Waals surface area contributed by atoms with Crippen molar-refractivity contribution in [2.24, 2.45) is 0 Å². The summed E-state index contributed by atoms with van der Waals surface area (Å²) in [6.07, 6.45) is 0. The zero-order valence-corrected chi connectivity index (χ0v) is 19.6. The Morgan fingerprint density at radius 3 is 1.54 bits per heavy atom. The van der Waals surface area contributed by atoms with Crippen molar-refractivity contribution in [3.8, 4) is 28.0 Å². The van der Waals surface area contributed by atoms with Gasteiger partial charge in [0.1, 0.15) is 12.4 Å². The largest absolute Gasteiger partial charge is 0.491 e. The molecule has 0 spiro atoms. The number of fused-ring (bicyclic) bond motifs is 1. The van der Waals surface area contributed by atoms with Crippen LogP contribution >= 0.6 is 0 Å². The van der Waals surface area contributed by atoms with Crippen LogP contribution in [0.3, 0.4) is 0 Å². The molecular weight excluding hydrogens is 438 g/mol. The quantitative estimate of drug-likeness (QED) is 0.367. The zero-order valence-electron chi connectivity index (χ0n) is 19.6. The van der Waals surface area contributed by atoms with E-state index in [2.05, 4.69) is 0 Å². The molecule has 5 heteroatoms. The van der Waals surface area contributed by atoms with Gasteiger partial charge in [-0.15, -0.1) is 0 Å². The Morgan fingerprint density at radius 1 is 0.657 bits per heavy atom. The summed E-state index contributed by atoms with van der Waals surface area (Å²) in [5.41, 5.74) is 6.89. The number of rotatable bonds is 6. The second-order valence-corrected chi connectivity index (χ2v) is 8.49. The summed E-state index contributed by atoms with van der Waals surface area (Å²) >= 11 is 0. The van der Waals surface area contributed by atoms with Gasteiger partial charge in [-0.1, -0.05) is 60.7 Å². The van der Waals surface area contributed by atoms with E-state index in [4.69, 9.17) is 9.84 Å². The van der Waals surface area contributed by atoms with Crippen molar-refractivity contribution in [2.75, 3.05) is 18.1 Å². The van der Waals surface area contributed by atoms with E-state index in [-0.39, 0.29) is 25.0 Å². The summed E-state index contributed by atoms with van der Waals surface area (Å²) in [6.45, 7) is 3.93. The van der Waals surface area contributed by atoms with Crippen LogP contribution in [0.4, 0.5) is 5.69 Å². The van der Waals surface area contributed by atoms with Gasteiger partial charge in [0.15, 0.2) is 0 Å². The number of ether oxygens (including phenoxy) is 1. The van der Waals surface area contributed by atoms with Gasteiger partial charge in [0.05, 0.1) is 23.4 Å². The van der Waals surface area contributed by atoms with Gasteiger partial charge in [-0.2, -0.15) is 0 Å². The molecule has 1 aliphatic rings. The number of benzene rings is 4. The molecule has 1 N–H and O–H groups in total. The van der Waals surface area contributed by atoms with Crippen LogP contribution in [0.25, 0.3) is 22.3 Å². The molecule has 5 nitrogen and oxygen atoms in total. The fourth-order valence-electron chi connectivity index (χ4n) is 4.87. The van der Waals surface area contributed by atoms with E-state index in [1.54, 1.807) is 24.3 Å². The van der Waals surface area contributed by atoms with Crippen molar-refractivity contribution in [1.29, 1.82) is 0 Å². The molecule has 35 heavy (non-hydrogen) atoms. The van der Waals surface area contributed by atoms with Crippen LogP contribution < -0.4 is 9.64 Å². The first-order valence-electron chi connectivity index (χ1n) is 11.5. The number of hydrogen-bond acceptors (Lipinski definition) is 4. The van der Waals surface area contributed by atoms with Crippen LogP contribution in [0.5, 0.6) is 5.75 Å². The molecule has 0 saturated carbocycles. The highest BCUT2D eigenvalue weighted by atomic mass is 16.5. The van der Waals surface area contributed by atoms with Crippen LogP contribution in [0.2, 0.25) is 0 Å². The highest BCUT2D eigenvalue weighted by molar-refractivity contribution is 6.36. The number of carbonyl (C=O) groups excluding carboxylic acids is 2. The fraction of sp³-hybridized carbons (Fsp3) is 0.133. The Bertz CT molecular complexity index is 1330. The average Bonchev–Trinajstić information content (AvgIpc) is 3.16. The summed E-state index contributed by atoms with van der Waals surface area (Å²) in [5, 5.41) is 8.96. The molecule has 5 rings (SSSR count). The Balaban J connectivity index is 1.69. The Labute approximate surface area is 204 Å². The van der Waals surface area contributed by atoms with Crippen molar-refractivity contribution in [1.82, 2.24) is 0 Å².